The zero-order chi connectivity index (χ0) is 21.0. The molecule has 0 unspecified atom stereocenters. The number of rotatable bonds is 11. The van der Waals surface area contributed by atoms with Crippen LogP contribution in [0.4, 0.5) is 0 Å². The molecule has 0 aliphatic heterocycles. The molecule has 3 aromatic carbocycles. The van der Waals surface area contributed by atoms with Crippen LogP contribution in [0.3, 0.4) is 0 Å². The fourth-order valence-corrected chi connectivity index (χ4v) is 3.86. The van der Waals surface area contributed by atoms with E-state index in [1.165, 1.54) is 25.8 Å². The first-order valence-corrected chi connectivity index (χ1v) is 12.2. The van der Waals surface area contributed by atoms with E-state index in [4.69, 9.17) is 16.3 Å². The number of benzene rings is 3. The molecule has 0 atom stereocenters. The Morgan fingerprint density at radius 3 is 2.27 bits per heavy atom. The Morgan fingerprint density at radius 2 is 1.57 bits per heavy atom. The highest BCUT2D eigenvalue weighted by Crippen LogP contribution is 2.25. The lowest BCUT2D eigenvalue weighted by Crippen LogP contribution is -1.97. The molecule has 0 saturated heterocycles. The summed E-state index contributed by atoms with van der Waals surface area (Å²) in [5, 5.41) is 0. The minimum Gasteiger partial charge on any atom is -0.494 e. The van der Waals surface area contributed by atoms with Gasteiger partial charge in [0.15, 0.2) is 0 Å². The number of ether oxygens (including phenoxy) is 1. The molecule has 0 heterocycles. The van der Waals surface area contributed by atoms with Crippen molar-refractivity contribution in [3.8, 4) is 5.75 Å². The fourth-order valence-electron chi connectivity index (χ4n) is 3.31. The first-order valence-electron chi connectivity index (χ1n) is 10.5. The molecule has 0 amide bonds. The lowest BCUT2D eigenvalue weighted by atomic mass is 9.96. The van der Waals surface area contributed by atoms with Crippen molar-refractivity contribution in [1.29, 1.82) is 0 Å². The van der Waals surface area contributed by atoms with Gasteiger partial charge in [0, 0.05) is 9.45 Å². The number of allylic oxidation sites excluding steroid dienone is 1. The Bertz CT molecular complexity index is 902. The van der Waals surface area contributed by atoms with Crippen LogP contribution in [0.25, 0.3) is 11.6 Å². The van der Waals surface area contributed by atoms with Crippen LogP contribution >= 0.6 is 34.2 Å². The summed E-state index contributed by atoms with van der Waals surface area (Å²) in [5.74, 6) is 1.68. The predicted molar refractivity (Wildman–Crippen MR) is 138 cm³/mol. The monoisotopic (exact) mass is 530 g/mol. The second kappa shape index (κ2) is 12.8. The van der Waals surface area contributed by atoms with Crippen LogP contribution in [0.15, 0.2) is 78.9 Å². The van der Waals surface area contributed by atoms with Gasteiger partial charge < -0.3 is 4.74 Å². The lowest BCUT2D eigenvalue weighted by Gasteiger charge is -2.10. The smallest absolute Gasteiger partial charge is 0.119 e. The molecule has 0 aromatic heterocycles. The Hall–Kier alpha value is -1.78. The highest BCUT2D eigenvalue weighted by molar-refractivity contribution is 14.1. The third-order valence-corrected chi connectivity index (χ3v) is 5.99. The summed E-state index contributed by atoms with van der Waals surface area (Å²) in [6, 6.07) is 27.9. The normalized spacial score (nSPS) is 11.5. The molecule has 1 nitrogen and oxygen atoms in total. The van der Waals surface area contributed by atoms with Crippen molar-refractivity contribution < 1.29 is 4.74 Å². The van der Waals surface area contributed by atoms with Crippen LogP contribution in [0, 0.1) is 3.57 Å². The van der Waals surface area contributed by atoms with Crippen LogP contribution in [0.2, 0.25) is 0 Å². The van der Waals surface area contributed by atoms with Gasteiger partial charge in [-0.05, 0) is 101 Å². The van der Waals surface area contributed by atoms with E-state index in [0.717, 1.165) is 50.3 Å². The standard InChI is InChI=1S/C27H28ClIO/c28-19-5-2-6-20-30-27-17-12-22(13-18-27)9-14-25(24-7-3-1-4-8-24)21-23-10-15-26(29)16-11-23/h1,3-4,7-8,10-13,15-18,21H,2,5-6,9,14,19-20H2. The van der Waals surface area contributed by atoms with Crippen LogP contribution in [-0.4, -0.2) is 12.5 Å². The van der Waals surface area contributed by atoms with E-state index in [2.05, 4.69) is 108 Å². The van der Waals surface area contributed by atoms with E-state index >= 15 is 0 Å². The number of alkyl halides is 1. The summed E-state index contributed by atoms with van der Waals surface area (Å²) in [6.45, 7) is 0.757. The number of unbranched alkanes of at least 4 members (excludes halogenated alkanes) is 2. The van der Waals surface area contributed by atoms with E-state index in [1.807, 2.05) is 0 Å². The second-order valence-corrected chi connectivity index (χ2v) is 8.95. The molecule has 0 aliphatic carbocycles. The number of halogens is 2. The maximum absolute atomic E-state index is 5.84. The molecule has 3 aromatic rings. The van der Waals surface area contributed by atoms with Gasteiger partial charge in [-0.2, -0.15) is 0 Å². The summed E-state index contributed by atoms with van der Waals surface area (Å²) < 4.78 is 7.09. The van der Waals surface area contributed by atoms with Crippen molar-refractivity contribution in [3.05, 3.63) is 99.1 Å². The molecular weight excluding hydrogens is 503 g/mol. The Labute approximate surface area is 199 Å². The van der Waals surface area contributed by atoms with Crippen LogP contribution < -0.4 is 4.74 Å². The summed E-state index contributed by atoms with van der Waals surface area (Å²) in [5.41, 5.74) is 5.21. The Kier molecular flexibility index (Phi) is 9.78. The van der Waals surface area contributed by atoms with Gasteiger partial charge in [-0.25, -0.2) is 0 Å². The Balaban J connectivity index is 1.62. The number of hydrogen-bond donors (Lipinski definition) is 0. The number of hydrogen-bond acceptors (Lipinski definition) is 1. The van der Waals surface area contributed by atoms with Crippen molar-refractivity contribution in [2.75, 3.05) is 12.5 Å². The summed E-state index contributed by atoms with van der Waals surface area (Å²) in [7, 11) is 0. The van der Waals surface area contributed by atoms with Crippen LogP contribution in [-0.2, 0) is 6.42 Å². The second-order valence-electron chi connectivity index (χ2n) is 7.33. The van der Waals surface area contributed by atoms with Crippen LogP contribution in [0.1, 0.15) is 42.4 Å². The first kappa shape index (κ1) is 22.9. The van der Waals surface area contributed by atoms with E-state index in [0.29, 0.717) is 0 Å². The topological polar surface area (TPSA) is 9.23 Å². The van der Waals surface area contributed by atoms with E-state index in [-0.39, 0.29) is 0 Å². The molecule has 0 aliphatic rings. The van der Waals surface area contributed by atoms with Crippen molar-refractivity contribution in [2.45, 2.75) is 32.1 Å². The molecule has 0 bridgehead atoms. The van der Waals surface area contributed by atoms with Crippen molar-refractivity contribution in [2.24, 2.45) is 0 Å². The van der Waals surface area contributed by atoms with Gasteiger partial charge in [-0.3, -0.25) is 0 Å². The maximum atomic E-state index is 5.84. The molecular formula is C27H28ClIO. The SMILES string of the molecule is ClCCCCCOc1ccc(CCC(=Cc2ccc(I)cc2)c2ccccc2)cc1. The highest BCUT2D eigenvalue weighted by atomic mass is 127. The molecule has 3 rings (SSSR count). The van der Waals surface area contributed by atoms with E-state index < -0.39 is 0 Å². The van der Waals surface area contributed by atoms with Gasteiger partial charge in [-0.15, -0.1) is 11.6 Å². The van der Waals surface area contributed by atoms with Gasteiger partial charge in [0.05, 0.1) is 6.61 Å². The lowest BCUT2D eigenvalue weighted by molar-refractivity contribution is 0.306. The van der Waals surface area contributed by atoms with Gasteiger partial charge in [0.1, 0.15) is 5.75 Å². The van der Waals surface area contributed by atoms with Crippen LogP contribution in [0.5, 0.6) is 5.75 Å². The third kappa shape index (κ3) is 7.81. The quantitative estimate of drug-likeness (QED) is 0.105. The van der Waals surface area contributed by atoms with E-state index in [9.17, 15) is 0 Å². The molecule has 0 spiro atoms. The zero-order valence-corrected chi connectivity index (χ0v) is 20.1. The average Bonchev–Trinajstić information content (AvgIpc) is 2.79. The van der Waals surface area contributed by atoms with Gasteiger partial charge in [-0.1, -0.05) is 60.7 Å². The molecule has 3 heteroatoms. The molecule has 0 saturated carbocycles. The summed E-state index contributed by atoms with van der Waals surface area (Å²) in [4.78, 5) is 0. The van der Waals surface area contributed by atoms with Gasteiger partial charge in [0.2, 0.25) is 0 Å². The van der Waals surface area contributed by atoms with Crippen molar-refractivity contribution >= 4 is 45.8 Å². The highest BCUT2D eigenvalue weighted by Gasteiger charge is 2.04. The third-order valence-electron chi connectivity index (χ3n) is 5.01. The van der Waals surface area contributed by atoms with Gasteiger partial charge in [0.25, 0.3) is 0 Å². The molecule has 0 N–H and O–H groups in total. The molecule has 0 radical (unpaired) electrons. The predicted octanol–water partition coefficient (Wildman–Crippen LogP) is 8.25. The minimum atomic E-state index is 0.734. The molecule has 0 fully saturated rings. The Morgan fingerprint density at radius 1 is 0.833 bits per heavy atom. The van der Waals surface area contributed by atoms with Crippen molar-refractivity contribution in [1.82, 2.24) is 0 Å². The fraction of sp³-hybridized carbons (Fsp3) is 0.259. The minimum absolute atomic E-state index is 0.734. The summed E-state index contributed by atoms with van der Waals surface area (Å²) >= 11 is 8.06. The zero-order valence-electron chi connectivity index (χ0n) is 17.2. The first-order chi connectivity index (χ1) is 14.7. The molecule has 30 heavy (non-hydrogen) atoms. The largest absolute Gasteiger partial charge is 0.494 e. The molecule has 156 valence electrons. The van der Waals surface area contributed by atoms with Crippen molar-refractivity contribution in [3.63, 3.8) is 0 Å². The summed E-state index contributed by atoms with van der Waals surface area (Å²) in [6.07, 6.45) is 7.54. The van der Waals surface area contributed by atoms with E-state index in [1.54, 1.807) is 0 Å². The average molecular weight is 531 g/mol. The van der Waals surface area contributed by atoms with Gasteiger partial charge >= 0.3 is 0 Å². The maximum Gasteiger partial charge on any atom is 0.119 e. The number of aryl methyl sites for hydroxylation is 1.